The summed E-state index contributed by atoms with van der Waals surface area (Å²) in [5, 5.41) is 23.4. The average molecular weight is 515 g/mol. The Labute approximate surface area is 218 Å². The van der Waals surface area contributed by atoms with Crippen LogP contribution in [0.5, 0.6) is 11.5 Å². The largest absolute Gasteiger partial charge is 0.504 e. The molecule has 0 amide bonds. The number of rotatable bonds is 8. The minimum absolute atomic E-state index is 0. The maximum absolute atomic E-state index is 11.4. The molecule has 7 nitrogen and oxygen atoms in total. The first-order valence-corrected chi connectivity index (χ1v) is 12.8. The molecule has 0 aromatic heterocycles. The van der Waals surface area contributed by atoms with Gasteiger partial charge in [-0.15, -0.1) is 12.4 Å². The topological polar surface area (TPSA) is 91.3 Å². The zero-order valence-electron chi connectivity index (χ0n) is 20.6. The number of carboxylic acid groups (broad SMARTS) is 1. The molecule has 5 atom stereocenters. The molecule has 2 aliphatic carbocycles. The van der Waals surface area contributed by atoms with E-state index in [0.29, 0.717) is 12.4 Å². The number of phenolic OH excluding ortho intramolecular Hbond substituents is 1. The molecule has 1 spiro atoms. The van der Waals surface area contributed by atoms with Gasteiger partial charge in [-0.2, -0.15) is 0 Å². The van der Waals surface area contributed by atoms with E-state index in [9.17, 15) is 15.0 Å². The fraction of sp³-hybridized carbons (Fsp3) is 0.536. The van der Waals surface area contributed by atoms with Gasteiger partial charge in [-0.3, -0.25) is 4.79 Å². The molecule has 2 bridgehead atoms. The van der Waals surface area contributed by atoms with E-state index < -0.39 is 17.0 Å². The van der Waals surface area contributed by atoms with Gasteiger partial charge in [0.1, 0.15) is 6.10 Å². The normalized spacial score (nSPS) is 31.8. The Morgan fingerprint density at radius 3 is 2.81 bits per heavy atom. The molecular formula is C28H35ClN2O5. The Morgan fingerprint density at radius 1 is 1.22 bits per heavy atom. The van der Waals surface area contributed by atoms with Crippen LogP contribution in [-0.4, -0.2) is 71.6 Å². The van der Waals surface area contributed by atoms with Gasteiger partial charge in [-0.25, -0.2) is 0 Å². The molecule has 194 valence electrons. The van der Waals surface area contributed by atoms with Gasteiger partial charge in [0.05, 0.1) is 17.6 Å². The van der Waals surface area contributed by atoms with Gasteiger partial charge in [-0.1, -0.05) is 36.4 Å². The summed E-state index contributed by atoms with van der Waals surface area (Å²) in [4.78, 5) is 13.8. The van der Waals surface area contributed by atoms with Crippen molar-refractivity contribution >= 4 is 18.4 Å². The third kappa shape index (κ3) is 3.63. The van der Waals surface area contributed by atoms with Crippen molar-refractivity contribution in [1.29, 1.82) is 0 Å². The van der Waals surface area contributed by atoms with Crippen molar-refractivity contribution in [1.82, 2.24) is 10.2 Å². The summed E-state index contributed by atoms with van der Waals surface area (Å²) in [5.74, 6) is -0.128. The van der Waals surface area contributed by atoms with Gasteiger partial charge in [0.25, 0.3) is 0 Å². The second-order valence-corrected chi connectivity index (χ2v) is 10.7. The van der Waals surface area contributed by atoms with Crippen molar-refractivity contribution in [2.45, 2.75) is 67.7 Å². The lowest BCUT2D eigenvalue weighted by atomic mass is 9.48. The predicted molar refractivity (Wildman–Crippen MR) is 138 cm³/mol. The summed E-state index contributed by atoms with van der Waals surface area (Å²) >= 11 is 0. The van der Waals surface area contributed by atoms with Crippen molar-refractivity contribution in [3.05, 3.63) is 59.2 Å². The number of aromatic hydroxyl groups is 1. The Hall–Kier alpha value is -2.32. The molecule has 3 N–H and O–H groups in total. The van der Waals surface area contributed by atoms with Gasteiger partial charge in [0.2, 0.25) is 0 Å². The summed E-state index contributed by atoms with van der Waals surface area (Å²) in [5.41, 5.74) is 2.80. The summed E-state index contributed by atoms with van der Waals surface area (Å²) in [6, 6.07) is 14.4. The van der Waals surface area contributed by atoms with Crippen LogP contribution in [0, 0.1) is 0 Å². The number of carbonyl (C=O) groups is 1. The van der Waals surface area contributed by atoms with E-state index in [0.717, 1.165) is 50.6 Å². The number of benzene rings is 2. The second kappa shape index (κ2) is 9.53. The van der Waals surface area contributed by atoms with E-state index in [1.165, 1.54) is 11.1 Å². The van der Waals surface area contributed by atoms with Gasteiger partial charge in [-0.05, 0) is 69.3 Å². The molecule has 1 saturated carbocycles. The maximum Gasteiger partial charge on any atom is 0.317 e. The van der Waals surface area contributed by atoms with Gasteiger partial charge < -0.3 is 29.9 Å². The smallest absolute Gasteiger partial charge is 0.317 e. The number of likely N-dealkylation sites (tertiary alicyclic amines) is 1. The molecule has 2 aliphatic heterocycles. The van der Waals surface area contributed by atoms with E-state index in [1.54, 1.807) is 6.07 Å². The van der Waals surface area contributed by atoms with Crippen LogP contribution in [0.15, 0.2) is 42.5 Å². The zero-order chi connectivity index (χ0) is 24.2. The molecular weight excluding hydrogens is 480 g/mol. The van der Waals surface area contributed by atoms with Crippen LogP contribution in [-0.2, 0) is 27.8 Å². The zero-order valence-corrected chi connectivity index (χ0v) is 21.4. The van der Waals surface area contributed by atoms with Crippen LogP contribution in [0.4, 0.5) is 0 Å². The first-order chi connectivity index (χ1) is 17.0. The van der Waals surface area contributed by atoms with E-state index >= 15 is 0 Å². The summed E-state index contributed by atoms with van der Waals surface area (Å²) in [6.45, 7) is 1.47. The second-order valence-electron chi connectivity index (χ2n) is 10.7. The molecule has 36 heavy (non-hydrogen) atoms. The molecule has 6 rings (SSSR count). The average Bonchev–Trinajstić information content (AvgIpc) is 3.21. The number of nitrogens with one attached hydrogen (secondary N) is 1. The lowest BCUT2D eigenvalue weighted by Crippen LogP contribution is -2.78. The van der Waals surface area contributed by atoms with Crippen LogP contribution >= 0.6 is 12.4 Å². The number of aryl methyl sites for hydroxylation is 1. The highest BCUT2D eigenvalue weighted by Gasteiger charge is 2.73. The molecule has 2 heterocycles. The van der Waals surface area contributed by atoms with Gasteiger partial charge in [0, 0.05) is 24.3 Å². The maximum atomic E-state index is 11.4. The monoisotopic (exact) mass is 514 g/mol. The van der Waals surface area contributed by atoms with Crippen LogP contribution in [0.3, 0.4) is 0 Å². The fourth-order valence-electron chi connectivity index (χ4n) is 7.62. The van der Waals surface area contributed by atoms with Crippen LogP contribution < -0.4 is 10.1 Å². The quantitative estimate of drug-likeness (QED) is 0.466. The van der Waals surface area contributed by atoms with Crippen LogP contribution in [0.2, 0.25) is 0 Å². The summed E-state index contributed by atoms with van der Waals surface area (Å²) in [6.07, 6.45) is 4.95. The number of nitrogens with zero attached hydrogens (tertiary/aromatic N) is 1. The Bertz CT molecular complexity index is 1130. The molecule has 4 aliphatic rings. The number of phenols is 1. The SMILES string of the molecule is CN1CC[C@]23c4c5ccc(O)c4O[C@H]2[C@@H](NCC(=O)O)CC[C@@]3(OCCCc2ccccc2)C1C5.Cl. The van der Waals surface area contributed by atoms with E-state index in [4.69, 9.17) is 9.47 Å². The van der Waals surface area contributed by atoms with Crippen LogP contribution in [0.25, 0.3) is 0 Å². The highest BCUT2D eigenvalue weighted by Crippen LogP contribution is 2.66. The molecule has 8 heteroatoms. The third-order valence-corrected chi connectivity index (χ3v) is 9.02. The number of aliphatic carboxylic acids is 1. The number of hydrogen-bond donors (Lipinski definition) is 3. The lowest BCUT2D eigenvalue weighted by Gasteiger charge is -2.65. The Morgan fingerprint density at radius 2 is 2.03 bits per heavy atom. The molecule has 0 radical (unpaired) electrons. The number of likely N-dealkylation sites (N-methyl/N-ethyl adjacent to an activating group) is 1. The third-order valence-electron chi connectivity index (χ3n) is 9.02. The van der Waals surface area contributed by atoms with E-state index in [1.807, 2.05) is 12.1 Å². The van der Waals surface area contributed by atoms with Crippen molar-refractivity contribution < 1.29 is 24.5 Å². The van der Waals surface area contributed by atoms with Crippen molar-refractivity contribution in [3.63, 3.8) is 0 Å². The number of carboxylic acids is 1. The Kier molecular flexibility index (Phi) is 6.70. The first-order valence-electron chi connectivity index (χ1n) is 12.8. The molecule has 1 saturated heterocycles. The van der Waals surface area contributed by atoms with Gasteiger partial charge >= 0.3 is 5.97 Å². The number of halogens is 1. The molecule has 1 unspecified atom stereocenters. The van der Waals surface area contributed by atoms with Crippen molar-refractivity contribution in [3.8, 4) is 11.5 Å². The number of piperidine rings is 1. The molecule has 2 aromatic carbocycles. The van der Waals surface area contributed by atoms with E-state index in [-0.39, 0.29) is 42.9 Å². The standard InChI is InChI=1S/C28H34N2O5.ClH/c1-30-14-13-27-24-19-9-10-21(31)25(24)35-26(27)20(29-17-23(32)33)11-12-28(27,22(30)16-19)34-15-5-8-18-6-3-2-4-7-18;/h2-4,6-7,9-10,20,22,26,29,31H,5,8,11-17H2,1H3,(H,32,33);1H/t20-,22?,26-,27-,28+;/m0./s1. The van der Waals surface area contributed by atoms with Crippen molar-refractivity contribution in [2.75, 3.05) is 26.7 Å². The lowest BCUT2D eigenvalue weighted by molar-refractivity contribution is -0.217. The minimum Gasteiger partial charge on any atom is -0.504 e. The van der Waals surface area contributed by atoms with Crippen LogP contribution in [0.1, 0.15) is 42.4 Å². The fourth-order valence-corrected chi connectivity index (χ4v) is 7.62. The number of ether oxygens (including phenoxy) is 2. The molecule has 2 fully saturated rings. The summed E-state index contributed by atoms with van der Waals surface area (Å²) in [7, 11) is 2.19. The van der Waals surface area contributed by atoms with Crippen molar-refractivity contribution in [2.24, 2.45) is 0 Å². The van der Waals surface area contributed by atoms with Gasteiger partial charge in [0.15, 0.2) is 11.5 Å². The number of hydrogen-bond acceptors (Lipinski definition) is 6. The molecule has 2 aromatic rings. The highest BCUT2D eigenvalue weighted by atomic mass is 35.5. The predicted octanol–water partition coefficient (Wildman–Crippen LogP) is 3.30. The summed E-state index contributed by atoms with van der Waals surface area (Å²) < 4.78 is 13.6. The highest BCUT2D eigenvalue weighted by molar-refractivity contribution is 5.85. The Balaban J connectivity index is 0.00000267. The van der Waals surface area contributed by atoms with E-state index in [2.05, 4.69) is 41.5 Å². The first kappa shape index (κ1) is 25.3. The minimum atomic E-state index is -0.875.